The molecular formula is C22H17F2N5O3S. The molecular weight excluding hydrogens is 452 g/mol. The van der Waals surface area contributed by atoms with Crippen LogP contribution in [0.5, 0.6) is 0 Å². The smallest absolute Gasteiger partial charge is 0.341 e. The molecule has 0 radical (unpaired) electrons. The number of rotatable bonds is 4. The minimum Gasteiger partial charge on any atom is -0.477 e. The Balaban J connectivity index is 1.68. The van der Waals surface area contributed by atoms with Gasteiger partial charge in [-0.2, -0.15) is 0 Å². The Kier molecular flexibility index (Phi) is 5.14. The molecule has 0 spiro atoms. The number of carboxylic acids is 1. The van der Waals surface area contributed by atoms with Crippen LogP contribution >= 0.6 is 11.3 Å². The van der Waals surface area contributed by atoms with Crippen LogP contribution in [0.25, 0.3) is 27.4 Å². The molecule has 0 bridgehead atoms. The highest BCUT2D eigenvalue weighted by Gasteiger charge is 2.23. The molecule has 0 aliphatic carbocycles. The summed E-state index contributed by atoms with van der Waals surface area (Å²) < 4.78 is 28.4. The molecule has 33 heavy (non-hydrogen) atoms. The summed E-state index contributed by atoms with van der Waals surface area (Å²) in [6.45, 7) is 1.34. The molecule has 8 nitrogen and oxygen atoms in total. The summed E-state index contributed by atoms with van der Waals surface area (Å²) in [6.07, 6.45) is 2.00. The van der Waals surface area contributed by atoms with Crippen molar-refractivity contribution in [3.05, 3.63) is 69.3 Å². The molecule has 1 unspecified atom stereocenters. The lowest BCUT2D eigenvalue weighted by Gasteiger charge is -2.18. The lowest BCUT2D eigenvalue weighted by Crippen LogP contribution is -2.27. The molecule has 4 aromatic rings. The van der Waals surface area contributed by atoms with Crippen molar-refractivity contribution in [2.45, 2.75) is 12.5 Å². The van der Waals surface area contributed by atoms with Gasteiger partial charge in [0, 0.05) is 36.3 Å². The molecule has 4 heterocycles. The normalized spacial score (nSPS) is 16.0. The fourth-order valence-electron chi connectivity index (χ4n) is 3.83. The zero-order valence-electron chi connectivity index (χ0n) is 17.0. The number of carboxylic acid groups (broad SMARTS) is 1. The monoisotopic (exact) mass is 469 g/mol. The van der Waals surface area contributed by atoms with Crippen LogP contribution in [-0.4, -0.2) is 44.7 Å². The number of hydrogen-bond donors (Lipinski definition) is 2. The average Bonchev–Trinajstić information content (AvgIpc) is 3.45. The summed E-state index contributed by atoms with van der Waals surface area (Å²) >= 11 is 1.15. The number of aromatic carboxylic acids is 1. The molecule has 168 valence electrons. The van der Waals surface area contributed by atoms with Crippen molar-refractivity contribution < 1.29 is 18.7 Å². The van der Waals surface area contributed by atoms with Crippen LogP contribution in [0.3, 0.4) is 0 Å². The van der Waals surface area contributed by atoms with Crippen molar-refractivity contribution in [3.8, 4) is 16.4 Å². The predicted octanol–water partition coefficient (Wildman–Crippen LogP) is 3.02. The quantitative estimate of drug-likeness (QED) is 0.472. The summed E-state index contributed by atoms with van der Waals surface area (Å²) in [5, 5.41) is 11.6. The van der Waals surface area contributed by atoms with E-state index in [1.807, 2.05) is 4.90 Å². The second-order valence-corrected chi connectivity index (χ2v) is 8.56. The zero-order valence-corrected chi connectivity index (χ0v) is 17.9. The Labute approximate surface area is 189 Å². The predicted molar refractivity (Wildman–Crippen MR) is 120 cm³/mol. The van der Waals surface area contributed by atoms with Gasteiger partial charge in [0.25, 0.3) is 0 Å². The number of anilines is 1. The van der Waals surface area contributed by atoms with Gasteiger partial charge in [0.15, 0.2) is 22.4 Å². The Bertz CT molecular complexity index is 1470. The maximum absolute atomic E-state index is 13.7. The summed E-state index contributed by atoms with van der Waals surface area (Å²) in [6, 6.07) is 6.69. The highest BCUT2D eigenvalue weighted by atomic mass is 32.1. The van der Waals surface area contributed by atoms with Crippen LogP contribution in [0.4, 0.5) is 14.6 Å². The van der Waals surface area contributed by atoms with Crippen molar-refractivity contribution in [3.63, 3.8) is 0 Å². The second-order valence-electron chi connectivity index (χ2n) is 7.73. The minimum atomic E-state index is -1.37. The number of thiazole rings is 1. The SMILES string of the molecule is NC1CCN(c2ccc3c(=O)c(C(=O)O)cn(-c4nc(-c5ccc(F)c(F)c5)cs4)c3n2)C1. The van der Waals surface area contributed by atoms with Crippen LogP contribution in [-0.2, 0) is 0 Å². The first-order chi connectivity index (χ1) is 15.8. The summed E-state index contributed by atoms with van der Waals surface area (Å²) in [5.74, 6) is -2.73. The van der Waals surface area contributed by atoms with Crippen molar-refractivity contribution >= 4 is 34.2 Å². The number of hydrogen-bond acceptors (Lipinski definition) is 7. The number of nitrogens with two attached hydrogens (primary N) is 1. The number of carbonyl (C=O) groups is 1. The van der Waals surface area contributed by atoms with Crippen molar-refractivity contribution in [2.75, 3.05) is 18.0 Å². The van der Waals surface area contributed by atoms with Gasteiger partial charge in [-0.3, -0.25) is 9.36 Å². The van der Waals surface area contributed by atoms with Gasteiger partial charge in [-0.1, -0.05) is 0 Å². The Morgan fingerprint density at radius 2 is 2.00 bits per heavy atom. The second kappa shape index (κ2) is 8.01. The van der Waals surface area contributed by atoms with E-state index >= 15 is 0 Å². The standard InChI is InChI=1S/C22H17F2N5O3S/c23-15-3-1-11(7-16(15)24)17-10-33-22(26-17)29-9-14(21(31)32)19(30)13-2-4-18(27-20(13)29)28-6-5-12(25)8-28/h1-4,7,9-10,12H,5-6,8,25H2,(H,31,32). The highest BCUT2D eigenvalue weighted by Crippen LogP contribution is 2.28. The summed E-state index contributed by atoms with van der Waals surface area (Å²) in [5.41, 5.74) is 5.91. The molecule has 5 rings (SSSR count). The highest BCUT2D eigenvalue weighted by molar-refractivity contribution is 7.12. The Hall–Kier alpha value is -3.70. The largest absolute Gasteiger partial charge is 0.477 e. The van der Waals surface area contributed by atoms with E-state index in [4.69, 9.17) is 5.73 Å². The maximum Gasteiger partial charge on any atom is 0.341 e. The van der Waals surface area contributed by atoms with Crippen LogP contribution < -0.4 is 16.1 Å². The molecule has 3 N–H and O–H groups in total. The van der Waals surface area contributed by atoms with Gasteiger partial charge in [0.05, 0.1) is 11.1 Å². The third-order valence-electron chi connectivity index (χ3n) is 5.53. The van der Waals surface area contributed by atoms with E-state index in [2.05, 4.69) is 9.97 Å². The van der Waals surface area contributed by atoms with Crippen molar-refractivity contribution in [1.82, 2.24) is 14.5 Å². The van der Waals surface area contributed by atoms with E-state index in [1.165, 1.54) is 16.8 Å². The molecule has 1 atom stereocenters. The van der Waals surface area contributed by atoms with Gasteiger partial charge in [-0.05, 0) is 36.8 Å². The number of pyridine rings is 2. The first-order valence-corrected chi connectivity index (χ1v) is 10.9. The van der Waals surface area contributed by atoms with E-state index in [-0.39, 0.29) is 17.1 Å². The van der Waals surface area contributed by atoms with Crippen LogP contribution in [0.15, 0.2) is 46.7 Å². The van der Waals surface area contributed by atoms with Gasteiger partial charge in [-0.15, -0.1) is 11.3 Å². The maximum atomic E-state index is 13.7. The summed E-state index contributed by atoms with van der Waals surface area (Å²) in [7, 11) is 0. The van der Waals surface area contributed by atoms with E-state index in [0.717, 1.165) is 29.9 Å². The third kappa shape index (κ3) is 3.74. The van der Waals surface area contributed by atoms with E-state index in [0.29, 0.717) is 35.3 Å². The fraction of sp³-hybridized carbons (Fsp3) is 0.182. The molecule has 1 aliphatic rings. The molecule has 1 aromatic carbocycles. The van der Waals surface area contributed by atoms with Crippen LogP contribution in [0.1, 0.15) is 16.8 Å². The molecule has 1 aliphatic heterocycles. The van der Waals surface area contributed by atoms with E-state index in [1.54, 1.807) is 17.5 Å². The van der Waals surface area contributed by atoms with Gasteiger partial charge < -0.3 is 15.7 Å². The van der Waals surface area contributed by atoms with Gasteiger partial charge in [0.1, 0.15) is 11.4 Å². The number of aromatic nitrogens is 3. The first kappa shape index (κ1) is 21.2. The first-order valence-electron chi connectivity index (χ1n) is 10.0. The van der Waals surface area contributed by atoms with E-state index < -0.39 is 28.6 Å². The van der Waals surface area contributed by atoms with Crippen LogP contribution in [0, 0.1) is 11.6 Å². The molecule has 1 fully saturated rings. The third-order valence-corrected chi connectivity index (χ3v) is 6.37. The fourth-order valence-corrected chi connectivity index (χ4v) is 4.64. The average molecular weight is 469 g/mol. The number of benzene rings is 1. The van der Waals surface area contributed by atoms with Crippen molar-refractivity contribution in [1.29, 1.82) is 0 Å². The Morgan fingerprint density at radius 1 is 1.18 bits per heavy atom. The minimum absolute atomic E-state index is 0.0247. The molecule has 0 saturated carbocycles. The van der Waals surface area contributed by atoms with Gasteiger partial charge >= 0.3 is 5.97 Å². The topological polar surface area (TPSA) is 114 Å². The molecule has 1 saturated heterocycles. The number of nitrogens with zero attached hydrogens (tertiary/aromatic N) is 4. The Morgan fingerprint density at radius 3 is 2.70 bits per heavy atom. The van der Waals surface area contributed by atoms with Gasteiger partial charge in [0.2, 0.25) is 5.43 Å². The molecule has 3 aromatic heterocycles. The van der Waals surface area contributed by atoms with Crippen LogP contribution in [0.2, 0.25) is 0 Å². The molecule has 11 heteroatoms. The lowest BCUT2D eigenvalue weighted by molar-refractivity contribution is 0.0695. The number of fused-ring (bicyclic) bond motifs is 1. The summed E-state index contributed by atoms with van der Waals surface area (Å²) in [4.78, 5) is 35.6. The zero-order chi connectivity index (χ0) is 23.3. The van der Waals surface area contributed by atoms with E-state index in [9.17, 15) is 23.5 Å². The lowest BCUT2D eigenvalue weighted by atomic mass is 10.1. The van der Waals surface area contributed by atoms with Gasteiger partial charge in [-0.25, -0.2) is 23.5 Å². The molecule has 0 amide bonds. The number of halogens is 2. The van der Waals surface area contributed by atoms with Crippen molar-refractivity contribution in [2.24, 2.45) is 5.73 Å².